The third-order valence-corrected chi connectivity index (χ3v) is 4.29. The van der Waals surface area contributed by atoms with Crippen LogP contribution in [-0.4, -0.2) is 9.67 Å². The lowest BCUT2D eigenvalue weighted by Gasteiger charge is -2.23. The lowest BCUT2D eigenvalue weighted by molar-refractivity contribution is 0.155. The molecule has 0 aliphatic heterocycles. The van der Waals surface area contributed by atoms with Crippen LogP contribution >= 0.6 is 0 Å². The highest BCUT2D eigenvalue weighted by Gasteiger charge is 2.23. The predicted molar refractivity (Wildman–Crippen MR) is 77.3 cm³/mol. The molecule has 0 bridgehead atoms. The number of aliphatic hydroxyl groups excluding tert-OH is 1. The van der Waals surface area contributed by atoms with Crippen molar-refractivity contribution >= 4 is 0 Å². The van der Waals surface area contributed by atoms with Gasteiger partial charge < -0.3 is 9.67 Å². The summed E-state index contributed by atoms with van der Waals surface area (Å²) >= 11 is 0. The zero-order chi connectivity index (χ0) is 13.4. The number of benzene rings is 1. The SMILES string of the molecule is Cc1ccc(C(C)n2ccc3c2CCCC3O)cc1. The summed E-state index contributed by atoms with van der Waals surface area (Å²) in [7, 11) is 0. The van der Waals surface area contributed by atoms with Crippen molar-refractivity contribution in [3.63, 3.8) is 0 Å². The quantitative estimate of drug-likeness (QED) is 0.868. The Balaban J connectivity index is 1.96. The Morgan fingerprint density at radius 3 is 2.68 bits per heavy atom. The van der Waals surface area contributed by atoms with E-state index in [1.54, 1.807) is 0 Å². The second-order valence-electron chi connectivity index (χ2n) is 5.62. The van der Waals surface area contributed by atoms with Crippen LogP contribution in [-0.2, 0) is 6.42 Å². The monoisotopic (exact) mass is 255 g/mol. The molecule has 1 aliphatic rings. The van der Waals surface area contributed by atoms with Gasteiger partial charge in [-0.2, -0.15) is 0 Å². The summed E-state index contributed by atoms with van der Waals surface area (Å²) in [6.07, 6.45) is 4.92. The fraction of sp³-hybridized carbons (Fsp3) is 0.412. The van der Waals surface area contributed by atoms with Crippen molar-refractivity contribution in [2.24, 2.45) is 0 Å². The molecule has 2 unspecified atom stereocenters. The van der Waals surface area contributed by atoms with Crippen molar-refractivity contribution in [1.82, 2.24) is 4.57 Å². The molecule has 0 saturated heterocycles. The van der Waals surface area contributed by atoms with Crippen molar-refractivity contribution in [1.29, 1.82) is 0 Å². The lowest BCUT2D eigenvalue weighted by atomic mass is 9.95. The number of aromatic nitrogens is 1. The number of nitrogens with zero attached hydrogens (tertiary/aromatic N) is 1. The number of hydrogen-bond acceptors (Lipinski definition) is 1. The molecule has 2 heteroatoms. The fourth-order valence-corrected chi connectivity index (χ4v) is 3.06. The highest BCUT2D eigenvalue weighted by molar-refractivity contribution is 5.31. The molecule has 3 rings (SSSR count). The molecule has 2 nitrogen and oxygen atoms in total. The van der Waals surface area contributed by atoms with Crippen LogP contribution in [0.5, 0.6) is 0 Å². The highest BCUT2D eigenvalue weighted by Crippen LogP contribution is 2.33. The Kier molecular flexibility index (Phi) is 3.19. The average Bonchev–Trinajstić information content (AvgIpc) is 2.84. The number of rotatable bonds is 2. The molecule has 0 saturated carbocycles. The smallest absolute Gasteiger partial charge is 0.0807 e. The first kappa shape index (κ1) is 12.5. The molecule has 1 aromatic heterocycles. The first-order valence-electron chi connectivity index (χ1n) is 7.11. The van der Waals surface area contributed by atoms with Crippen LogP contribution in [0.4, 0.5) is 0 Å². The van der Waals surface area contributed by atoms with Crippen LogP contribution in [0.2, 0.25) is 0 Å². The summed E-state index contributed by atoms with van der Waals surface area (Å²) in [4.78, 5) is 0. The van der Waals surface area contributed by atoms with Gasteiger partial charge in [0, 0.05) is 17.5 Å². The molecular weight excluding hydrogens is 234 g/mol. The van der Waals surface area contributed by atoms with Crippen molar-refractivity contribution in [2.45, 2.75) is 45.3 Å². The van der Waals surface area contributed by atoms with E-state index < -0.39 is 0 Å². The van der Waals surface area contributed by atoms with Gasteiger partial charge in [-0.05, 0) is 44.7 Å². The fourth-order valence-electron chi connectivity index (χ4n) is 3.06. The first-order chi connectivity index (χ1) is 9.16. The zero-order valence-corrected chi connectivity index (χ0v) is 11.6. The number of hydrogen-bond donors (Lipinski definition) is 1. The Morgan fingerprint density at radius 2 is 1.95 bits per heavy atom. The molecule has 0 spiro atoms. The van der Waals surface area contributed by atoms with Crippen LogP contribution in [0.25, 0.3) is 0 Å². The number of aryl methyl sites for hydroxylation is 1. The van der Waals surface area contributed by atoms with E-state index in [0.717, 1.165) is 24.8 Å². The van der Waals surface area contributed by atoms with Crippen LogP contribution in [0.1, 0.15) is 54.3 Å². The minimum absolute atomic E-state index is 0.268. The maximum Gasteiger partial charge on any atom is 0.0807 e. The zero-order valence-electron chi connectivity index (χ0n) is 11.6. The number of fused-ring (bicyclic) bond motifs is 1. The van der Waals surface area contributed by atoms with Gasteiger partial charge in [0.05, 0.1) is 12.1 Å². The third kappa shape index (κ3) is 2.21. The van der Waals surface area contributed by atoms with Crippen molar-refractivity contribution in [3.8, 4) is 0 Å². The second kappa shape index (κ2) is 4.86. The predicted octanol–water partition coefficient (Wildman–Crippen LogP) is 3.78. The molecule has 2 aromatic rings. The van der Waals surface area contributed by atoms with Crippen molar-refractivity contribution in [2.75, 3.05) is 0 Å². The maximum absolute atomic E-state index is 10.1. The van der Waals surface area contributed by atoms with Gasteiger partial charge in [0.15, 0.2) is 0 Å². The van der Waals surface area contributed by atoms with Crippen LogP contribution < -0.4 is 0 Å². The van der Waals surface area contributed by atoms with Gasteiger partial charge in [0.25, 0.3) is 0 Å². The molecule has 0 fully saturated rings. The average molecular weight is 255 g/mol. The molecule has 1 N–H and O–H groups in total. The van der Waals surface area contributed by atoms with Crippen molar-refractivity contribution < 1.29 is 5.11 Å². The summed E-state index contributed by atoms with van der Waals surface area (Å²) in [5.41, 5.74) is 5.06. The minimum atomic E-state index is -0.268. The Hall–Kier alpha value is -1.54. The van der Waals surface area contributed by atoms with E-state index in [0.29, 0.717) is 6.04 Å². The summed E-state index contributed by atoms with van der Waals surface area (Å²) in [6, 6.07) is 11.1. The van der Waals surface area contributed by atoms with Gasteiger partial charge in [-0.3, -0.25) is 0 Å². The largest absolute Gasteiger partial charge is 0.388 e. The molecule has 1 aliphatic carbocycles. The first-order valence-corrected chi connectivity index (χ1v) is 7.11. The van der Waals surface area contributed by atoms with Crippen LogP contribution in [0, 0.1) is 6.92 Å². The minimum Gasteiger partial charge on any atom is -0.388 e. The number of aliphatic hydroxyl groups is 1. The van der Waals surface area contributed by atoms with Gasteiger partial charge in [-0.1, -0.05) is 29.8 Å². The van der Waals surface area contributed by atoms with E-state index >= 15 is 0 Å². The van der Waals surface area contributed by atoms with E-state index in [2.05, 4.69) is 54.9 Å². The summed E-state index contributed by atoms with van der Waals surface area (Å²) < 4.78 is 2.32. The van der Waals surface area contributed by atoms with Gasteiger partial charge in [0.2, 0.25) is 0 Å². The van der Waals surface area contributed by atoms with E-state index in [-0.39, 0.29) is 6.10 Å². The van der Waals surface area contributed by atoms with Gasteiger partial charge in [-0.25, -0.2) is 0 Å². The Bertz CT molecular complexity index is 567. The van der Waals surface area contributed by atoms with Crippen LogP contribution in [0.15, 0.2) is 36.5 Å². The topological polar surface area (TPSA) is 25.2 Å². The molecule has 0 radical (unpaired) electrons. The van der Waals surface area contributed by atoms with Gasteiger partial charge in [0.1, 0.15) is 0 Å². The summed E-state index contributed by atoms with van der Waals surface area (Å²) in [6.45, 7) is 4.34. The summed E-state index contributed by atoms with van der Waals surface area (Å²) in [5.74, 6) is 0. The molecular formula is C17H21NO. The van der Waals surface area contributed by atoms with E-state index in [1.807, 2.05) is 0 Å². The van der Waals surface area contributed by atoms with E-state index in [9.17, 15) is 5.11 Å². The second-order valence-corrected chi connectivity index (χ2v) is 5.62. The Morgan fingerprint density at radius 1 is 1.21 bits per heavy atom. The molecule has 0 amide bonds. The van der Waals surface area contributed by atoms with E-state index in [1.165, 1.54) is 16.8 Å². The van der Waals surface area contributed by atoms with E-state index in [4.69, 9.17) is 0 Å². The van der Waals surface area contributed by atoms with Gasteiger partial charge in [-0.15, -0.1) is 0 Å². The third-order valence-electron chi connectivity index (χ3n) is 4.29. The van der Waals surface area contributed by atoms with Gasteiger partial charge >= 0.3 is 0 Å². The molecule has 2 atom stereocenters. The van der Waals surface area contributed by atoms with Crippen LogP contribution in [0.3, 0.4) is 0 Å². The lowest BCUT2D eigenvalue weighted by Crippen LogP contribution is -2.15. The molecule has 1 heterocycles. The normalized spacial score (nSPS) is 20.1. The standard InChI is InChI=1S/C17H21NO/c1-12-6-8-14(9-7-12)13(2)18-11-10-15-16(18)4-3-5-17(15)19/h6-11,13,17,19H,3-5H2,1-2H3. The van der Waals surface area contributed by atoms with Crippen molar-refractivity contribution in [3.05, 3.63) is 58.9 Å². The highest BCUT2D eigenvalue weighted by atomic mass is 16.3. The molecule has 100 valence electrons. The molecule has 1 aromatic carbocycles. The molecule has 19 heavy (non-hydrogen) atoms. The maximum atomic E-state index is 10.1. The summed E-state index contributed by atoms with van der Waals surface area (Å²) in [5, 5.41) is 10.1. The Labute approximate surface area is 114 Å².